The predicted octanol–water partition coefficient (Wildman–Crippen LogP) is 2.23. The molecule has 104 valence electrons. The molecule has 19 heavy (non-hydrogen) atoms. The quantitative estimate of drug-likeness (QED) is 0.842. The Kier molecular flexibility index (Phi) is 5.10. The molecule has 1 fully saturated rings. The second-order valence-corrected chi connectivity index (χ2v) is 5.88. The number of hydrogen-bond donors (Lipinski definition) is 1. The summed E-state index contributed by atoms with van der Waals surface area (Å²) < 4.78 is 0. The van der Waals surface area contributed by atoms with Crippen molar-refractivity contribution >= 4 is 23.3 Å². The first-order chi connectivity index (χ1) is 9.20. The van der Waals surface area contributed by atoms with Crippen molar-refractivity contribution in [1.29, 1.82) is 0 Å². The molecule has 0 saturated heterocycles. The van der Waals surface area contributed by atoms with Crippen LogP contribution in [-0.4, -0.2) is 40.1 Å². The van der Waals surface area contributed by atoms with Crippen molar-refractivity contribution in [1.82, 2.24) is 9.88 Å². The minimum absolute atomic E-state index is 0.0197. The van der Waals surface area contributed by atoms with Gasteiger partial charge in [0.2, 0.25) is 5.91 Å². The zero-order valence-electron chi connectivity index (χ0n) is 11.2. The molecule has 0 aliphatic heterocycles. The molecule has 0 aromatic carbocycles. The summed E-state index contributed by atoms with van der Waals surface area (Å²) in [5.41, 5.74) is 0.825. The van der Waals surface area contributed by atoms with Gasteiger partial charge in [-0.15, -0.1) is 11.3 Å². The van der Waals surface area contributed by atoms with Crippen molar-refractivity contribution in [2.24, 2.45) is 0 Å². The number of aromatic nitrogens is 1. The van der Waals surface area contributed by atoms with Crippen molar-refractivity contribution in [2.45, 2.75) is 38.6 Å². The van der Waals surface area contributed by atoms with Crippen molar-refractivity contribution in [3.05, 3.63) is 22.2 Å². The molecule has 0 unspecified atom stereocenters. The average Bonchev–Trinajstić information content (AvgIpc) is 3.04. The van der Waals surface area contributed by atoms with E-state index in [2.05, 4.69) is 4.98 Å². The third-order valence-corrected chi connectivity index (χ3v) is 4.21. The fourth-order valence-electron chi connectivity index (χ4n) is 2.51. The van der Waals surface area contributed by atoms with Crippen LogP contribution in [0.25, 0.3) is 6.08 Å². The number of aliphatic hydroxyl groups excluding tert-OH is 1. The van der Waals surface area contributed by atoms with Gasteiger partial charge >= 0.3 is 0 Å². The SMILES string of the molecule is Cc1nc(C=CC(=O)N(CCO)C2CCCC2)cs1. The average molecular weight is 280 g/mol. The van der Waals surface area contributed by atoms with Gasteiger partial charge in [-0.3, -0.25) is 4.79 Å². The molecule has 4 nitrogen and oxygen atoms in total. The van der Waals surface area contributed by atoms with Gasteiger partial charge in [0.05, 0.1) is 17.3 Å². The lowest BCUT2D eigenvalue weighted by Crippen LogP contribution is -2.39. The maximum Gasteiger partial charge on any atom is 0.246 e. The van der Waals surface area contributed by atoms with E-state index in [1.807, 2.05) is 12.3 Å². The summed E-state index contributed by atoms with van der Waals surface area (Å²) in [6, 6.07) is 0.293. The Morgan fingerprint density at radius 2 is 2.32 bits per heavy atom. The van der Waals surface area contributed by atoms with Crippen LogP contribution < -0.4 is 0 Å². The molecule has 1 heterocycles. The van der Waals surface area contributed by atoms with Gasteiger partial charge in [-0.05, 0) is 25.8 Å². The molecule has 0 bridgehead atoms. The zero-order chi connectivity index (χ0) is 13.7. The molecule has 1 aliphatic rings. The summed E-state index contributed by atoms with van der Waals surface area (Å²) in [6.45, 7) is 2.39. The highest BCUT2D eigenvalue weighted by Gasteiger charge is 2.24. The van der Waals surface area contributed by atoms with Crippen LogP contribution in [0.15, 0.2) is 11.5 Å². The van der Waals surface area contributed by atoms with E-state index in [4.69, 9.17) is 5.11 Å². The van der Waals surface area contributed by atoms with E-state index in [9.17, 15) is 4.79 Å². The molecule has 1 saturated carbocycles. The molecule has 0 atom stereocenters. The smallest absolute Gasteiger partial charge is 0.246 e. The minimum Gasteiger partial charge on any atom is -0.395 e. The van der Waals surface area contributed by atoms with Crippen LogP contribution in [0.4, 0.5) is 0 Å². The Labute approximate surface area is 117 Å². The minimum atomic E-state index is -0.0217. The lowest BCUT2D eigenvalue weighted by molar-refractivity contribution is -0.128. The molecule has 1 aromatic heterocycles. The molecule has 0 spiro atoms. The molecule has 1 N–H and O–H groups in total. The third-order valence-electron chi connectivity index (χ3n) is 3.42. The number of thiazole rings is 1. The number of aryl methyl sites for hydroxylation is 1. The highest BCUT2D eigenvalue weighted by atomic mass is 32.1. The fraction of sp³-hybridized carbons (Fsp3) is 0.571. The second-order valence-electron chi connectivity index (χ2n) is 4.82. The van der Waals surface area contributed by atoms with Crippen LogP contribution in [0.5, 0.6) is 0 Å². The highest BCUT2D eigenvalue weighted by Crippen LogP contribution is 2.23. The van der Waals surface area contributed by atoms with Gasteiger partial charge in [0.1, 0.15) is 0 Å². The number of nitrogens with zero attached hydrogens (tertiary/aromatic N) is 2. The lowest BCUT2D eigenvalue weighted by Gasteiger charge is -2.27. The summed E-state index contributed by atoms with van der Waals surface area (Å²) in [6.07, 6.45) is 7.78. The largest absolute Gasteiger partial charge is 0.395 e. The predicted molar refractivity (Wildman–Crippen MR) is 76.9 cm³/mol. The Morgan fingerprint density at radius 1 is 1.58 bits per heavy atom. The summed E-state index contributed by atoms with van der Waals surface area (Å²) in [7, 11) is 0. The number of amides is 1. The Hall–Kier alpha value is -1.20. The monoisotopic (exact) mass is 280 g/mol. The maximum absolute atomic E-state index is 12.2. The molecule has 0 radical (unpaired) electrons. The number of carbonyl (C=O) groups excluding carboxylic acids is 1. The fourth-order valence-corrected chi connectivity index (χ4v) is 3.09. The maximum atomic E-state index is 12.2. The highest BCUT2D eigenvalue weighted by molar-refractivity contribution is 7.09. The van der Waals surface area contributed by atoms with Crippen molar-refractivity contribution in [2.75, 3.05) is 13.2 Å². The molecule has 1 amide bonds. The molecule has 2 rings (SSSR count). The Morgan fingerprint density at radius 3 is 2.89 bits per heavy atom. The first-order valence-electron chi connectivity index (χ1n) is 6.72. The standard InChI is InChI=1S/C14H20N2O2S/c1-11-15-12(10-19-11)6-7-14(18)16(8-9-17)13-4-2-3-5-13/h6-7,10,13,17H,2-5,8-9H2,1H3. The topological polar surface area (TPSA) is 53.4 Å². The van der Waals surface area contributed by atoms with Crippen LogP contribution in [0.3, 0.4) is 0 Å². The molecule has 1 aromatic rings. The van der Waals surface area contributed by atoms with E-state index >= 15 is 0 Å². The van der Waals surface area contributed by atoms with Gasteiger partial charge in [0.15, 0.2) is 0 Å². The van der Waals surface area contributed by atoms with Crippen molar-refractivity contribution in [3.63, 3.8) is 0 Å². The number of hydrogen-bond acceptors (Lipinski definition) is 4. The lowest BCUT2D eigenvalue weighted by atomic mass is 10.2. The van der Waals surface area contributed by atoms with E-state index in [1.54, 1.807) is 28.4 Å². The van der Waals surface area contributed by atoms with Gasteiger partial charge in [-0.2, -0.15) is 0 Å². The summed E-state index contributed by atoms with van der Waals surface area (Å²) in [5, 5.41) is 12.0. The van der Waals surface area contributed by atoms with E-state index in [0.717, 1.165) is 23.5 Å². The van der Waals surface area contributed by atoms with E-state index in [0.29, 0.717) is 12.6 Å². The Balaban J connectivity index is 2.00. The molecular formula is C14H20N2O2S. The van der Waals surface area contributed by atoms with E-state index in [-0.39, 0.29) is 12.5 Å². The van der Waals surface area contributed by atoms with Crippen LogP contribution in [0.2, 0.25) is 0 Å². The van der Waals surface area contributed by atoms with Crippen molar-refractivity contribution in [3.8, 4) is 0 Å². The summed E-state index contributed by atoms with van der Waals surface area (Å²) in [5.74, 6) is -0.0217. The van der Waals surface area contributed by atoms with Crippen LogP contribution in [0.1, 0.15) is 36.4 Å². The van der Waals surface area contributed by atoms with Crippen LogP contribution in [-0.2, 0) is 4.79 Å². The Bertz CT molecular complexity index is 450. The zero-order valence-corrected chi connectivity index (χ0v) is 12.0. The van der Waals surface area contributed by atoms with E-state index in [1.165, 1.54) is 12.8 Å². The molecule has 1 aliphatic carbocycles. The van der Waals surface area contributed by atoms with Crippen LogP contribution >= 0.6 is 11.3 Å². The van der Waals surface area contributed by atoms with Gasteiger partial charge in [0.25, 0.3) is 0 Å². The van der Waals surface area contributed by atoms with Crippen molar-refractivity contribution < 1.29 is 9.90 Å². The number of carbonyl (C=O) groups is 1. The summed E-state index contributed by atoms with van der Waals surface area (Å²) >= 11 is 1.57. The number of rotatable bonds is 5. The third kappa shape index (κ3) is 3.88. The van der Waals surface area contributed by atoms with Gasteiger partial charge in [-0.25, -0.2) is 4.98 Å². The second kappa shape index (κ2) is 6.82. The first kappa shape index (κ1) is 14.2. The van der Waals surface area contributed by atoms with E-state index < -0.39 is 0 Å². The van der Waals surface area contributed by atoms with Gasteiger partial charge < -0.3 is 10.0 Å². The van der Waals surface area contributed by atoms with Gasteiger partial charge in [0, 0.05) is 24.0 Å². The first-order valence-corrected chi connectivity index (χ1v) is 7.60. The molecular weight excluding hydrogens is 260 g/mol. The molecule has 5 heteroatoms. The normalized spacial score (nSPS) is 16.3. The van der Waals surface area contributed by atoms with Gasteiger partial charge in [-0.1, -0.05) is 12.8 Å². The van der Waals surface area contributed by atoms with Crippen LogP contribution in [0, 0.1) is 6.92 Å². The number of aliphatic hydroxyl groups is 1. The summed E-state index contributed by atoms with van der Waals surface area (Å²) in [4.78, 5) is 18.3.